The van der Waals surface area contributed by atoms with Gasteiger partial charge in [0.15, 0.2) is 0 Å². The number of ether oxygens (including phenoxy) is 1. The molecule has 0 unspecified atom stereocenters. The largest absolute Gasteiger partial charge is 0.435 e. The summed E-state index contributed by atoms with van der Waals surface area (Å²) in [5, 5.41) is 3.79. The molecule has 0 aliphatic rings. The Kier molecular flexibility index (Phi) is 5.02. The highest BCUT2D eigenvalue weighted by Crippen LogP contribution is 2.13. The minimum absolute atomic E-state index is 0.0538. The molecule has 0 spiro atoms. The number of hydrogen-bond donors (Lipinski definition) is 2. The smallest absolute Gasteiger partial charge is 0.387 e. The zero-order valence-corrected chi connectivity index (χ0v) is 11.4. The summed E-state index contributed by atoms with van der Waals surface area (Å²) in [6, 6.07) is 12.2. The molecule has 114 valence electrons. The second kappa shape index (κ2) is 7.16. The number of hydrazone groups is 1. The molecule has 0 saturated heterocycles. The Balaban J connectivity index is 1.91. The molecule has 1 amide bonds. The van der Waals surface area contributed by atoms with Crippen LogP contribution in [0.2, 0.25) is 0 Å². The van der Waals surface area contributed by atoms with Gasteiger partial charge in [-0.3, -0.25) is 4.79 Å². The molecule has 0 aliphatic carbocycles. The van der Waals surface area contributed by atoms with Gasteiger partial charge in [-0.05, 0) is 54.1 Å². The number of nitrogen functional groups attached to an aromatic ring is 1. The first kappa shape index (κ1) is 15.4. The third kappa shape index (κ3) is 4.55. The maximum Gasteiger partial charge on any atom is 0.387 e. The van der Waals surface area contributed by atoms with Crippen LogP contribution in [0.25, 0.3) is 0 Å². The molecule has 0 aromatic heterocycles. The standard InChI is InChI=1S/C15H13F2N3O2/c16-15(17)22-13-7-1-10(2-8-13)9-19-20-14(21)11-3-5-12(18)6-4-11/h1-9,15H,18H2,(H,20,21)/b19-9-. The SMILES string of the molecule is Nc1ccc(C(=O)N/N=C\c2ccc(OC(F)F)cc2)cc1. The summed E-state index contributed by atoms with van der Waals surface area (Å²) < 4.78 is 28.2. The fourth-order valence-electron chi connectivity index (χ4n) is 1.60. The predicted octanol–water partition coefficient (Wildman–Crippen LogP) is 2.63. The van der Waals surface area contributed by atoms with Crippen LogP contribution in [0.4, 0.5) is 14.5 Å². The first-order chi connectivity index (χ1) is 10.5. The summed E-state index contributed by atoms with van der Waals surface area (Å²) in [5.41, 5.74) is 9.49. The first-order valence-electron chi connectivity index (χ1n) is 6.28. The first-order valence-corrected chi connectivity index (χ1v) is 6.28. The van der Waals surface area contributed by atoms with Crippen molar-refractivity contribution in [1.82, 2.24) is 5.43 Å². The van der Waals surface area contributed by atoms with Gasteiger partial charge < -0.3 is 10.5 Å². The van der Waals surface area contributed by atoms with Gasteiger partial charge in [-0.2, -0.15) is 13.9 Å². The highest BCUT2D eigenvalue weighted by molar-refractivity contribution is 5.95. The van der Waals surface area contributed by atoms with Gasteiger partial charge in [-0.25, -0.2) is 5.43 Å². The number of alkyl halides is 2. The van der Waals surface area contributed by atoms with E-state index >= 15 is 0 Å². The average Bonchev–Trinajstić information content (AvgIpc) is 2.49. The van der Waals surface area contributed by atoms with Gasteiger partial charge in [0.25, 0.3) is 5.91 Å². The third-order valence-corrected chi connectivity index (χ3v) is 2.66. The van der Waals surface area contributed by atoms with Crippen molar-refractivity contribution in [3.05, 3.63) is 59.7 Å². The van der Waals surface area contributed by atoms with Gasteiger partial charge >= 0.3 is 6.61 Å². The molecule has 3 N–H and O–H groups in total. The van der Waals surface area contributed by atoms with E-state index in [1.807, 2.05) is 0 Å². The lowest BCUT2D eigenvalue weighted by molar-refractivity contribution is -0.0498. The van der Waals surface area contributed by atoms with E-state index in [-0.39, 0.29) is 11.7 Å². The van der Waals surface area contributed by atoms with E-state index in [1.165, 1.54) is 30.5 Å². The van der Waals surface area contributed by atoms with Crippen LogP contribution in [0.15, 0.2) is 53.6 Å². The number of carbonyl (C=O) groups excluding carboxylic acids is 1. The maximum absolute atomic E-state index is 12.0. The number of nitrogens with zero attached hydrogens (tertiary/aromatic N) is 1. The zero-order chi connectivity index (χ0) is 15.9. The van der Waals surface area contributed by atoms with E-state index in [1.54, 1.807) is 24.3 Å². The Hall–Kier alpha value is -2.96. The summed E-state index contributed by atoms with van der Waals surface area (Å²) in [6.07, 6.45) is 1.39. The Morgan fingerprint density at radius 1 is 1.14 bits per heavy atom. The van der Waals surface area contributed by atoms with Crippen molar-refractivity contribution in [2.24, 2.45) is 5.10 Å². The molecule has 0 fully saturated rings. The normalized spacial score (nSPS) is 10.9. The summed E-state index contributed by atoms with van der Waals surface area (Å²) in [7, 11) is 0. The average molecular weight is 305 g/mol. The van der Waals surface area contributed by atoms with E-state index in [0.717, 1.165) is 0 Å². The second-order valence-corrected chi connectivity index (χ2v) is 4.27. The van der Waals surface area contributed by atoms with Crippen LogP contribution in [0.1, 0.15) is 15.9 Å². The molecule has 7 heteroatoms. The number of rotatable bonds is 5. The number of hydrogen-bond acceptors (Lipinski definition) is 4. The zero-order valence-electron chi connectivity index (χ0n) is 11.4. The maximum atomic E-state index is 12.0. The van der Waals surface area contributed by atoms with Crippen molar-refractivity contribution < 1.29 is 18.3 Å². The molecule has 2 rings (SSSR count). The monoisotopic (exact) mass is 305 g/mol. The summed E-state index contributed by atoms with van der Waals surface area (Å²) in [5.74, 6) is -0.327. The van der Waals surface area contributed by atoms with Gasteiger partial charge in [0.1, 0.15) is 5.75 Å². The van der Waals surface area contributed by atoms with Crippen molar-refractivity contribution >= 4 is 17.8 Å². The Labute approximate surface area is 125 Å². The molecular weight excluding hydrogens is 292 g/mol. The van der Waals surface area contributed by atoms with E-state index in [0.29, 0.717) is 16.8 Å². The van der Waals surface area contributed by atoms with Gasteiger partial charge in [0.05, 0.1) is 6.21 Å². The third-order valence-electron chi connectivity index (χ3n) is 2.66. The number of nitrogens with two attached hydrogens (primary N) is 1. The van der Waals surface area contributed by atoms with Crippen molar-refractivity contribution in [3.63, 3.8) is 0 Å². The summed E-state index contributed by atoms with van der Waals surface area (Å²) in [6.45, 7) is -2.86. The van der Waals surface area contributed by atoms with E-state index in [9.17, 15) is 13.6 Å². The van der Waals surface area contributed by atoms with E-state index in [4.69, 9.17) is 5.73 Å². The quantitative estimate of drug-likeness (QED) is 0.506. The molecule has 2 aromatic rings. The van der Waals surface area contributed by atoms with Crippen LogP contribution in [-0.2, 0) is 0 Å². The molecule has 2 aromatic carbocycles. The molecule has 0 saturated carbocycles. The summed E-state index contributed by atoms with van der Waals surface area (Å²) in [4.78, 5) is 11.8. The molecule has 0 aliphatic heterocycles. The molecule has 0 atom stereocenters. The molecule has 0 radical (unpaired) electrons. The highest BCUT2D eigenvalue weighted by Gasteiger charge is 2.04. The minimum atomic E-state index is -2.86. The lowest BCUT2D eigenvalue weighted by Crippen LogP contribution is -2.17. The van der Waals surface area contributed by atoms with Crippen LogP contribution in [0.3, 0.4) is 0 Å². The number of amides is 1. The van der Waals surface area contributed by atoms with Crippen LogP contribution >= 0.6 is 0 Å². The number of benzene rings is 2. The molecular formula is C15H13F2N3O2. The predicted molar refractivity (Wildman–Crippen MR) is 79.0 cm³/mol. The van der Waals surface area contributed by atoms with Crippen LogP contribution in [0.5, 0.6) is 5.75 Å². The van der Waals surface area contributed by atoms with Crippen molar-refractivity contribution in [2.45, 2.75) is 6.61 Å². The Morgan fingerprint density at radius 3 is 2.36 bits per heavy atom. The number of anilines is 1. The van der Waals surface area contributed by atoms with E-state index < -0.39 is 6.61 Å². The molecule has 5 nitrogen and oxygen atoms in total. The Bertz CT molecular complexity index is 655. The molecule has 0 bridgehead atoms. The fourth-order valence-corrected chi connectivity index (χ4v) is 1.60. The van der Waals surface area contributed by atoms with Gasteiger partial charge in [-0.1, -0.05) is 0 Å². The Morgan fingerprint density at radius 2 is 1.77 bits per heavy atom. The van der Waals surface area contributed by atoms with E-state index in [2.05, 4.69) is 15.3 Å². The second-order valence-electron chi connectivity index (χ2n) is 4.27. The van der Waals surface area contributed by atoms with Crippen molar-refractivity contribution in [3.8, 4) is 5.75 Å². The molecule has 22 heavy (non-hydrogen) atoms. The van der Waals surface area contributed by atoms with Gasteiger partial charge in [0.2, 0.25) is 0 Å². The highest BCUT2D eigenvalue weighted by atomic mass is 19.3. The van der Waals surface area contributed by atoms with Gasteiger partial charge in [-0.15, -0.1) is 0 Å². The van der Waals surface area contributed by atoms with Crippen LogP contribution in [0, 0.1) is 0 Å². The minimum Gasteiger partial charge on any atom is -0.435 e. The number of nitrogens with one attached hydrogen (secondary N) is 1. The number of halogens is 2. The van der Waals surface area contributed by atoms with Crippen molar-refractivity contribution in [1.29, 1.82) is 0 Å². The van der Waals surface area contributed by atoms with Crippen LogP contribution in [-0.4, -0.2) is 18.7 Å². The lowest BCUT2D eigenvalue weighted by atomic mass is 10.2. The summed E-state index contributed by atoms with van der Waals surface area (Å²) >= 11 is 0. The van der Waals surface area contributed by atoms with Crippen molar-refractivity contribution in [2.75, 3.05) is 5.73 Å². The number of carbonyl (C=O) groups is 1. The van der Waals surface area contributed by atoms with Gasteiger partial charge in [0, 0.05) is 11.3 Å². The van der Waals surface area contributed by atoms with Crippen LogP contribution < -0.4 is 15.9 Å². The lowest BCUT2D eigenvalue weighted by Gasteiger charge is -2.03. The fraction of sp³-hybridized carbons (Fsp3) is 0.0667. The topological polar surface area (TPSA) is 76.7 Å². The molecule has 0 heterocycles.